The summed E-state index contributed by atoms with van der Waals surface area (Å²) in [7, 11) is 0. The summed E-state index contributed by atoms with van der Waals surface area (Å²) in [6.07, 6.45) is -5.96. The van der Waals surface area contributed by atoms with Gasteiger partial charge in [-0.3, -0.25) is 4.99 Å². The summed E-state index contributed by atoms with van der Waals surface area (Å²) < 4.78 is 53.9. The second-order valence-electron chi connectivity index (χ2n) is 4.60. The van der Waals surface area contributed by atoms with Gasteiger partial charge in [-0.2, -0.15) is 13.2 Å². The average Bonchev–Trinajstić information content (AvgIpc) is 2.83. The van der Waals surface area contributed by atoms with Crippen molar-refractivity contribution in [2.45, 2.75) is 18.3 Å². The zero-order valence-electron chi connectivity index (χ0n) is 10.9. The van der Waals surface area contributed by atoms with Gasteiger partial charge in [-0.05, 0) is 12.1 Å². The minimum absolute atomic E-state index is 0.0239. The topological polar surface area (TPSA) is 47.6 Å². The second kappa shape index (κ2) is 6.65. The predicted molar refractivity (Wildman–Crippen MR) is 73.6 cm³/mol. The molecule has 1 fully saturated rings. The zero-order chi connectivity index (χ0) is 15.5. The molecular formula is C13H14F4N2OS. The number of hydrogen-bond donors (Lipinski definition) is 1. The molecule has 2 aliphatic heterocycles. The minimum Gasteiger partial charge on any atom is -0.379 e. The summed E-state index contributed by atoms with van der Waals surface area (Å²) in [5.41, 5.74) is 5.42. The molecule has 2 aliphatic rings. The SMILES string of the molecule is Fc1ccccc1.NC1=NC2COC(C(F)(F)F)C2CS1. The lowest BCUT2D eigenvalue weighted by Crippen LogP contribution is -2.39. The maximum absolute atomic E-state index is 12.4. The van der Waals surface area contributed by atoms with E-state index in [4.69, 9.17) is 10.5 Å². The third-order valence-corrected chi connectivity index (χ3v) is 4.05. The van der Waals surface area contributed by atoms with Crippen LogP contribution in [0.3, 0.4) is 0 Å². The third kappa shape index (κ3) is 4.34. The number of amidine groups is 1. The van der Waals surface area contributed by atoms with Crippen molar-refractivity contribution in [2.75, 3.05) is 12.4 Å². The van der Waals surface area contributed by atoms with Gasteiger partial charge in [-0.25, -0.2) is 4.39 Å². The van der Waals surface area contributed by atoms with Crippen molar-refractivity contribution in [2.24, 2.45) is 16.6 Å². The van der Waals surface area contributed by atoms with Crippen LogP contribution in [0.2, 0.25) is 0 Å². The minimum atomic E-state index is -4.29. The van der Waals surface area contributed by atoms with Crippen LogP contribution in [0.15, 0.2) is 35.3 Å². The Kier molecular flexibility index (Phi) is 5.10. The molecule has 116 valence electrons. The maximum Gasteiger partial charge on any atom is 0.415 e. The Morgan fingerprint density at radius 1 is 1.24 bits per heavy atom. The highest BCUT2D eigenvalue weighted by atomic mass is 32.2. The lowest BCUT2D eigenvalue weighted by molar-refractivity contribution is -0.214. The van der Waals surface area contributed by atoms with Crippen molar-refractivity contribution in [1.82, 2.24) is 0 Å². The molecule has 3 atom stereocenters. The van der Waals surface area contributed by atoms with Gasteiger partial charge in [0.05, 0.1) is 12.6 Å². The van der Waals surface area contributed by atoms with E-state index in [2.05, 4.69) is 4.99 Å². The van der Waals surface area contributed by atoms with E-state index in [9.17, 15) is 17.6 Å². The van der Waals surface area contributed by atoms with Crippen molar-refractivity contribution in [3.63, 3.8) is 0 Å². The first-order chi connectivity index (χ1) is 9.88. The number of rotatable bonds is 0. The van der Waals surface area contributed by atoms with Crippen molar-refractivity contribution in [1.29, 1.82) is 0 Å². The van der Waals surface area contributed by atoms with E-state index in [1.807, 2.05) is 0 Å². The van der Waals surface area contributed by atoms with E-state index in [1.54, 1.807) is 18.2 Å². The molecule has 3 nitrogen and oxygen atoms in total. The molecule has 0 spiro atoms. The van der Waals surface area contributed by atoms with Gasteiger partial charge in [0, 0.05) is 11.7 Å². The van der Waals surface area contributed by atoms with E-state index < -0.39 is 24.2 Å². The summed E-state index contributed by atoms with van der Waals surface area (Å²) in [4.78, 5) is 3.94. The number of hydrogen-bond acceptors (Lipinski definition) is 4. The van der Waals surface area contributed by atoms with Gasteiger partial charge < -0.3 is 10.5 Å². The van der Waals surface area contributed by atoms with E-state index in [0.717, 1.165) is 11.8 Å². The van der Waals surface area contributed by atoms with Crippen LogP contribution in [0.5, 0.6) is 0 Å². The molecule has 3 unspecified atom stereocenters. The summed E-state index contributed by atoms with van der Waals surface area (Å²) in [6, 6.07) is 7.52. The van der Waals surface area contributed by atoms with Gasteiger partial charge in [-0.15, -0.1) is 0 Å². The van der Waals surface area contributed by atoms with E-state index in [1.165, 1.54) is 12.1 Å². The molecule has 2 N–H and O–H groups in total. The number of thioether (sulfide) groups is 1. The molecule has 0 aliphatic carbocycles. The van der Waals surface area contributed by atoms with Crippen LogP contribution in [0.25, 0.3) is 0 Å². The fraction of sp³-hybridized carbons (Fsp3) is 0.462. The number of alkyl halides is 3. The quantitative estimate of drug-likeness (QED) is 0.747. The first-order valence-electron chi connectivity index (χ1n) is 6.23. The number of benzene rings is 1. The Morgan fingerprint density at radius 2 is 1.90 bits per heavy atom. The number of ether oxygens (including phenoxy) is 1. The van der Waals surface area contributed by atoms with Gasteiger partial charge >= 0.3 is 6.18 Å². The Balaban J connectivity index is 0.000000194. The largest absolute Gasteiger partial charge is 0.415 e. The van der Waals surface area contributed by atoms with Crippen molar-refractivity contribution in [3.05, 3.63) is 36.1 Å². The van der Waals surface area contributed by atoms with Gasteiger partial charge in [0.2, 0.25) is 0 Å². The number of aliphatic imine (C=N–C) groups is 1. The highest BCUT2D eigenvalue weighted by molar-refractivity contribution is 8.13. The molecule has 8 heteroatoms. The van der Waals surface area contributed by atoms with E-state index in [-0.39, 0.29) is 12.4 Å². The molecule has 0 bridgehead atoms. The van der Waals surface area contributed by atoms with Crippen LogP contribution < -0.4 is 5.73 Å². The third-order valence-electron chi connectivity index (χ3n) is 3.10. The normalized spacial score (nSPS) is 28.2. The molecule has 3 rings (SSSR count). The van der Waals surface area contributed by atoms with Crippen LogP contribution in [-0.4, -0.2) is 35.8 Å². The fourth-order valence-corrected chi connectivity index (χ4v) is 3.09. The zero-order valence-corrected chi connectivity index (χ0v) is 11.7. The first-order valence-corrected chi connectivity index (χ1v) is 7.21. The van der Waals surface area contributed by atoms with Gasteiger partial charge in [-0.1, -0.05) is 30.0 Å². The summed E-state index contributed by atoms with van der Waals surface area (Å²) in [5, 5.41) is 0.359. The van der Waals surface area contributed by atoms with Crippen molar-refractivity contribution < 1.29 is 22.3 Å². The molecule has 1 saturated heterocycles. The second-order valence-corrected chi connectivity index (χ2v) is 5.64. The number of halogens is 4. The fourth-order valence-electron chi connectivity index (χ4n) is 2.12. The monoisotopic (exact) mass is 322 g/mol. The Bertz CT molecular complexity index is 495. The highest BCUT2D eigenvalue weighted by Crippen LogP contribution is 2.39. The van der Waals surface area contributed by atoms with Crippen LogP contribution in [0, 0.1) is 11.7 Å². The van der Waals surface area contributed by atoms with Gasteiger partial charge in [0.15, 0.2) is 11.3 Å². The standard InChI is InChI=1S/C7H9F3N2OS.C6H5F/c8-7(9,10)5-3-2-14-6(11)12-4(3)1-13-5;7-6-4-2-1-3-5-6/h3-5H,1-2H2,(H2,11,12);1-5H. The van der Waals surface area contributed by atoms with Crippen molar-refractivity contribution >= 4 is 16.9 Å². The maximum atomic E-state index is 12.4. The molecule has 0 aromatic heterocycles. The summed E-state index contributed by atoms with van der Waals surface area (Å²) >= 11 is 1.16. The van der Waals surface area contributed by atoms with Crippen LogP contribution >= 0.6 is 11.8 Å². The summed E-state index contributed by atoms with van der Waals surface area (Å²) in [6.45, 7) is 0.0239. The van der Waals surface area contributed by atoms with Crippen LogP contribution in [0.1, 0.15) is 0 Å². The molecule has 1 aromatic carbocycles. The Morgan fingerprint density at radius 3 is 2.43 bits per heavy atom. The van der Waals surface area contributed by atoms with Crippen LogP contribution in [-0.2, 0) is 4.74 Å². The smallest absolute Gasteiger partial charge is 0.379 e. The lowest BCUT2D eigenvalue weighted by Gasteiger charge is -2.25. The van der Waals surface area contributed by atoms with Gasteiger partial charge in [0.1, 0.15) is 5.82 Å². The van der Waals surface area contributed by atoms with Gasteiger partial charge in [0.25, 0.3) is 0 Å². The predicted octanol–water partition coefficient (Wildman–Crippen LogP) is 2.82. The molecule has 1 aromatic rings. The molecular weight excluding hydrogens is 308 g/mol. The molecule has 0 amide bonds. The number of nitrogens with zero attached hydrogens (tertiary/aromatic N) is 1. The Labute approximate surface area is 123 Å². The number of nitrogens with two attached hydrogens (primary N) is 1. The van der Waals surface area contributed by atoms with E-state index in [0.29, 0.717) is 10.9 Å². The average molecular weight is 322 g/mol. The lowest BCUT2D eigenvalue weighted by atomic mass is 9.99. The molecule has 0 radical (unpaired) electrons. The van der Waals surface area contributed by atoms with Crippen LogP contribution in [0.4, 0.5) is 17.6 Å². The molecule has 2 heterocycles. The highest BCUT2D eigenvalue weighted by Gasteiger charge is 2.53. The summed E-state index contributed by atoms with van der Waals surface area (Å²) in [5.74, 6) is -0.417. The molecule has 0 saturated carbocycles. The molecule has 21 heavy (non-hydrogen) atoms. The number of fused-ring (bicyclic) bond motifs is 1. The van der Waals surface area contributed by atoms with E-state index >= 15 is 0 Å². The van der Waals surface area contributed by atoms with Crippen molar-refractivity contribution in [3.8, 4) is 0 Å². The Hall–Kier alpha value is -1.28. The first kappa shape index (κ1) is 16.1.